The number of Topliss-reactive ketones (excluding diaryl/α,β-unsaturated/α-hetero) is 2. The number of aliphatic hydroxyl groups excluding tert-OH is 3. The molecule has 2 saturated heterocycles. The summed E-state index contributed by atoms with van der Waals surface area (Å²) < 4.78 is 21.9. The first-order chi connectivity index (χ1) is 29.5. The van der Waals surface area contributed by atoms with Crippen molar-refractivity contribution in [3.05, 3.63) is 48.3 Å². The minimum Gasteiger partial charge on any atom is -0.476 e. The molecule has 18 atom stereocenters. The molecule has 3 aliphatic heterocycles. The van der Waals surface area contributed by atoms with E-state index in [2.05, 4.69) is 30.2 Å². The van der Waals surface area contributed by atoms with E-state index >= 15 is 0 Å². The predicted octanol–water partition coefficient (Wildman–Crippen LogP) is 6.05. The fraction of sp³-hybridized carbons (Fsp3) is 0.750. The zero-order valence-corrected chi connectivity index (χ0v) is 39.2. The van der Waals surface area contributed by atoms with Crippen LogP contribution in [0.1, 0.15) is 138 Å². The van der Waals surface area contributed by atoms with Gasteiger partial charge in [0.15, 0.2) is 17.3 Å². The number of ketones is 2. The smallest absolute Gasteiger partial charge is 0.358 e. The van der Waals surface area contributed by atoms with Crippen molar-refractivity contribution in [2.45, 2.75) is 175 Å². The Morgan fingerprint density at radius 1 is 0.905 bits per heavy atom. The Bertz CT molecular complexity index is 1810. The Kier molecular flexibility index (Phi) is 18.2. The Morgan fingerprint density at radius 3 is 2.21 bits per heavy atom. The standard InChI is InChI=1S/C48H75N3O12/c1-12-35-17-15-13-14-16-28(4)44(56)47(11,60)45(57)33(9)42(55)32(8)41(54)31(7)40(53)27(3)18-21-39(52)61-43-30(6)37(20-19-35)62-48(34(43)10)23-22-26(2)38(63-48)24-29(5)51-25-36(46(58)59)49-50-51/h13-15,17-18,21,25-35,37-38,40,42-44,53,55-56,60H,12,16,19-20,22-24H2,1-11H3,(H,58,59)/b14-13+,17-15+,21-18+/t26-,27-,28+,29-,30+,31-,32-,33-,34+,35-,37-,38-,40+,42+,43+,44-,47+,48-/m0/s1. The van der Waals surface area contributed by atoms with Crippen molar-refractivity contribution in [3.63, 3.8) is 0 Å². The highest BCUT2D eigenvalue weighted by atomic mass is 16.7. The number of hydrogen-bond acceptors (Lipinski definition) is 13. The molecule has 2 bridgehead atoms. The molecule has 0 unspecified atom stereocenters. The van der Waals surface area contributed by atoms with Crippen molar-refractivity contribution in [1.29, 1.82) is 0 Å². The van der Waals surface area contributed by atoms with Crippen LogP contribution in [-0.4, -0.2) is 112 Å². The second-order valence-electron chi connectivity index (χ2n) is 19.4. The predicted molar refractivity (Wildman–Crippen MR) is 235 cm³/mol. The van der Waals surface area contributed by atoms with E-state index in [0.717, 1.165) is 19.3 Å². The van der Waals surface area contributed by atoms with Crippen LogP contribution in [0.15, 0.2) is 42.7 Å². The van der Waals surface area contributed by atoms with Gasteiger partial charge in [0.25, 0.3) is 0 Å². The number of carbonyl (C=O) groups excluding carboxylic acids is 3. The van der Waals surface area contributed by atoms with Crippen LogP contribution in [0.25, 0.3) is 0 Å². The van der Waals surface area contributed by atoms with Gasteiger partial charge in [0.1, 0.15) is 17.5 Å². The lowest BCUT2D eigenvalue weighted by Gasteiger charge is -2.55. The summed E-state index contributed by atoms with van der Waals surface area (Å²) in [6.07, 6.45) is 11.0. The highest BCUT2D eigenvalue weighted by molar-refractivity contribution is 5.91. The van der Waals surface area contributed by atoms with E-state index in [1.54, 1.807) is 13.8 Å². The van der Waals surface area contributed by atoms with E-state index in [0.29, 0.717) is 25.7 Å². The Balaban J connectivity index is 1.66. The third kappa shape index (κ3) is 12.2. The molecule has 0 aromatic carbocycles. The molecule has 1 spiro atoms. The summed E-state index contributed by atoms with van der Waals surface area (Å²) in [6.45, 7) is 19.2. The molecule has 0 radical (unpaired) electrons. The highest BCUT2D eigenvalue weighted by Crippen LogP contribution is 2.49. The Labute approximate surface area is 373 Å². The van der Waals surface area contributed by atoms with Crippen molar-refractivity contribution >= 4 is 23.5 Å². The van der Waals surface area contributed by atoms with E-state index in [4.69, 9.17) is 14.2 Å². The molecule has 0 aliphatic carbocycles. The number of rotatable bonds is 5. The second-order valence-corrected chi connectivity index (χ2v) is 19.4. The van der Waals surface area contributed by atoms with Crippen LogP contribution in [0.3, 0.4) is 0 Å². The molecular formula is C48H75N3O12. The second kappa shape index (κ2) is 22.1. The zero-order chi connectivity index (χ0) is 47.1. The van der Waals surface area contributed by atoms with Crippen LogP contribution in [-0.2, 0) is 28.6 Å². The molecular weight excluding hydrogens is 811 g/mol. The number of ether oxygens (including phenoxy) is 3. The lowest BCUT2D eigenvalue weighted by Crippen LogP contribution is -2.62. The molecule has 0 saturated carbocycles. The largest absolute Gasteiger partial charge is 0.476 e. The molecule has 4 heterocycles. The number of aliphatic hydroxyl groups is 4. The lowest BCUT2D eigenvalue weighted by atomic mass is 9.74. The van der Waals surface area contributed by atoms with E-state index in [9.17, 15) is 44.7 Å². The molecule has 4 rings (SSSR count). The van der Waals surface area contributed by atoms with Gasteiger partial charge in [0, 0.05) is 48.0 Å². The van der Waals surface area contributed by atoms with Gasteiger partial charge in [-0.3, -0.25) is 9.59 Å². The summed E-state index contributed by atoms with van der Waals surface area (Å²) in [5, 5.41) is 62.2. The van der Waals surface area contributed by atoms with E-state index < -0.39 is 88.9 Å². The van der Waals surface area contributed by atoms with E-state index in [-0.39, 0.29) is 47.6 Å². The zero-order valence-electron chi connectivity index (χ0n) is 39.2. The van der Waals surface area contributed by atoms with Gasteiger partial charge in [0.05, 0.1) is 42.8 Å². The quantitative estimate of drug-likeness (QED) is 0.212. The monoisotopic (exact) mass is 886 g/mol. The maximum Gasteiger partial charge on any atom is 0.358 e. The molecule has 5 N–H and O–H groups in total. The van der Waals surface area contributed by atoms with Gasteiger partial charge >= 0.3 is 11.9 Å². The van der Waals surface area contributed by atoms with Crippen molar-refractivity contribution in [1.82, 2.24) is 15.0 Å². The van der Waals surface area contributed by atoms with Gasteiger partial charge in [-0.25, -0.2) is 14.3 Å². The van der Waals surface area contributed by atoms with Crippen LogP contribution >= 0.6 is 0 Å². The first-order valence-corrected chi connectivity index (χ1v) is 23.0. The molecule has 15 heteroatoms. The van der Waals surface area contributed by atoms with Crippen LogP contribution in [0.2, 0.25) is 0 Å². The maximum absolute atomic E-state index is 13.7. The molecule has 1 aromatic rings. The molecule has 63 heavy (non-hydrogen) atoms. The fourth-order valence-corrected chi connectivity index (χ4v) is 9.71. The minimum absolute atomic E-state index is 0.141. The van der Waals surface area contributed by atoms with E-state index in [1.165, 1.54) is 50.7 Å². The molecule has 3 aliphatic rings. The number of aromatic carboxylic acids is 1. The molecule has 15 nitrogen and oxygen atoms in total. The Morgan fingerprint density at radius 2 is 1.57 bits per heavy atom. The lowest BCUT2D eigenvalue weighted by molar-refractivity contribution is -0.370. The highest BCUT2D eigenvalue weighted by Gasteiger charge is 2.56. The summed E-state index contributed by atoms with van der Waals surface area (Å²) >= 11 is 0. The van der Waals surface area contributed by atoms with Crippen LogP contribution in [0, 0.1) is 53.3 Å². The first kappa shape index (κ1) is 52.0. The average molecular weight is 886 g/mol. The third-order valence-corrected chi connectivity index (χ3v) is 14.6. The van der Waals surface area contributed by atoms with E-state index in [1.807, 2.05) is 39.0 Å². The number of hydrogen-bond donors (Lipinski definition) is 5. The number of nitrogens with zero attached hydrogens (tertiary/aromatic N) is 3. The summed E-state index contributed by atoms with van der Waals surface area (Å²) in [5.41, 5.74) is -2.35. The van der Waals surface area contributed by atoms with Gasteiger partial charge in [-0.2, -0.15) is 0 Å². The van der Waals surface area contributed by atoms with Gasteiger partial charge in [-0.05, 0) is 70.1 Å². The summed E-state index contributed by atoms with van der Waals surface area (Å²) in [6, 6.07) is -0.233. The van der Waals surface area contributed by atoms with Crippen molar-refractivity contribution < 1.29 is 58.9 Å². The number of fused-ring (bicyclic) bond motifs is 2. The average Bonchev–Trinajstić information content (AvgIpc) is 3.77. The summed E-state index contributed by atoms with van der Waals surface area (Å²) in [7, 11) is 0. The number of aromatic nitrogens is 3. The molecule has 1 aromatic heterocycles. The summed E-state index contributed by atoms with van der Waals surface area (Å²) in [5.74, 6) is -8.96. The van der Waals surface area contributed by atoms with Crippen LogP contribution in [0.4, 0.5) is 0 Å². The molecule has 0 amide bonds. The van der Waals surface area contributed by atoms with Gasteiger partial charge in [-0.1, -0.05) is 97.9 Å². The number of carboxylic acid groups (broad SMARTS) is 1. The maximum atomic E-state index is 13.7. The number of carboxylic acids is 1. The topological polar surface area (TPSA) is 228 Å². The SMILES string of the molecule is CC[C@H]1/C=C/C=C/C[C@@H](C)[C@H](O)[C@@](C)(O)C(=O)[C@@H](C)[C@H](O)[C@@H](C)C(=O)[C@@H](C)[C@H](O)[C@@H](C)/C=C/C(=O)O[C@@H]2[C@H](C)[C@H](CC1)O[C@]1(CC[C@H](C)[C@H](C[C@H](C)n3cc(C(=O)O)nn3)O1)[C@@H]2C. The summed E-state index contributed by atoms with van der Waals surface area (Å²) in [4.78, 5) is 52.4. The number of esters is 1. The number of carbonyl (C=O) groups is 4. The van der Waals surface area contributed by atoms with Gasteiger partial charge < -0.3 is 39.7 Å². The van der Waals surface area contributed by atoms with Crippen LogP contribution in [0.5, 0.6) is 0 Å². The van der Waals surface area contributed by atoms with Gasteiger partial charge in [-0.15, -0.1) is 5.10 Å². The Hall–Kier alpha value is -3.60. The van der Waals surface area contributed by atoms with Crippen molar-refractivity contribution in [3.8, 4) is 0 Å². The molecule has 354 valence electrons. The first-order valence-electron chi connectivity index (χ1n) is 23.0. The third-order valence-electron chi connectivity index (χ3n) is 14.6. The molecule has 2 fully saturated rings. The van der Waals surface area contributed by atoms with Gasteiger partial charge in [0.2, 0.25) is 0 Å². The van der Waals surface area contributed by atoms with Crippen LogP contribution < -0.4 is 0 Å². The van der Waals surface area contributed by atoms with Crippen molar-refractivity contribution in [2.75, 3.05) is 0 Å². The number of allylic oxidation sites excluding steroid dienone is 4. The van der Waals surface area contributed by atoms with Crippen molar-refractivity contribution in [2.24, 2.45) is 53.3 Å². The normalized spacial score (nSPS) is 42.8. The minimum atomic E-state index is -2.20. The fourth-order valence-electron chi connectivity index (χ4n) is 9.71.